The number of halogens is 1. The van der Waals surface area contributed by atoms with E-state index in [-0.39, 0.29) is 16.0 Å². The van der Waals surface area contributed by atoms with Gasteiger partial charge in [-0.15, -0.1) is 0 Å². The molecule has 0 bridgehead atoms. The largest absolute Gasteiger partial charge is 0.265 e. The van der Waals surface area contributed by atoms with Crippen molar-refractivity contribution in [1.29, 1.82) is 0 Å². The van der Waals surface area contributed by atoms with Crippen LogP contribution in [0.15, 0.2) is 53.7 Å². The lowest BCUT2D eigenvalue weighted by Crippen LogP contribution is -2.27. The van der Waals surface area contributed by atoms with E-state index < -0.39 is 10.0 Å². The molecule has 100 valence electrons. The lowest BCUT2D eigenvalue weighted by Gasteiger charge is -2.15. The van der Waals surface area contributed by atoms with Gasteiger partial charge < -0.3 is 0 Å². The van der Waals surface area contributed by atoms with Gasteiger partial charge in [-0.25, -0.2) is 13.1 Å². The van der Waals surface area contributed by atoms with Crippen LogP contribution < -0.4 is 4.72 Å². The van der Waals surface area contributed by atoms with Crippen LogP contribution in [-0.4, -0.2) is 13.4 Å². The quantitative estimate of drug-likeness (QED) is 0.944. The van der Waals surface area contributed by atoms with Gasteiger partial charge in [0, 0.05) is 18.4 Å². The minimum absolute atomic E-state index is 0.0811. The van der Waals surface area contributed by atoms with Crippen LogP contribution in [0, 0.1) is 0 Å². The van der Waals surface area contributed by atoms with Crippen LogP contribution in [0.4, 0.5) is 0 Å². The van der Waals surface area contributed by atoms with Crippen molar-refractivity contribution in [3.63, 3.8) is 0 Å². The molecule has 2 aromatic rings. The van der Waals surface area contributed by atoms with Gasteiger partial charge in [0.1, 0.15) is 4.90 Å². The fourth-order valence-electron chi connectivity index (χ4n) is 1.68. The molecule has 1 aromatic carbocycles. The molecule has 0 aliphatic heterocycles. The summed E-state index contributed by atoms with van der Waals surface area (Å²) in [5, 5.41) is 0.205. The van der Waals surface area contributed by atoms with E-state index >= 15 is 0 Å². The lowest BCUT2D eigenvalue weighted by molar-refractivity contribution is 0.567. The molecule has 19 heavy (non-hydrogen) atoms. The summed E-state index contributed by atoms with van der Waals surface area (Å²) in [4.78, 5) is 3.98. The van der Waals surface area contributed by atoms with Crippen molar-refractivity contribution in [2.24, 2.45) is 0 Å². The monoisotopic (exact) mass is 296 g/mol. The van der Waals surface area contributed by atoms with Gasteiger partial charge in [0.15, 0.2) is 0 Å². The molecule has 0 spiro atoms. The second-order valence-corrected chi connectivity index (χ2v) is 6.14. The van der Waals surface area contributed by atoms with Crippen LogP contribution in [0.2, 0.25) is 5.02 Å². The first-order valence-corrected chi connectivity index (χ1v) is 7.53. The van der Waals surface area contributed by atoms with Crippen molar-refractivity contribution in [3.05, 3.63) is 59.4 Å². The van der Waals surface area contributed by atoms with Crippen molar-refractivity contribution in [3.8, 4) is 0 Å². The highest BCUT2D eigenvalue weighted by Crippen LogP contribution is 2.22. The third kappa shape index (κ3) is 3.32. The van der Waals surface area contributed by atoms with E-state index in [4.69, 9.17) is 11.6 Å². The number of pyridine rings is 1. The number of nitrogens with zero attached hydrogens (tertiary/aromatic N) is 1. The van der Waals surface area contributed by atoms with Crippen molar-refractivity contribution in [1.82, 2.24) is 9.71 Å². The molecule has 0 amide bonds. The SMILES string of the molecule is C[C@H](NS(=O)(=O)c1ccccc1Cl)c1ccncc1. The molecule has 6 heteroatoms. The van der Waals surface area contributed by atoms with Crippen LogP contribution in [0.25, 0.3) is 0 Å². The smallest absolute Gasteiger partial charge is 0.242 e. The minimum atomic E-state index is -3.64. The zero-order chi connectivity index (χ0) is 13.9. The normalized spacial score (nSPS) is 13.2. The first-order valence-electron chi connectivity index (χ1n) is 5.67. The molecule has 0 radical (unpaired) electrons. The molecule has 1 N–H and O–H groups in total. The zero-order valence-corrected chi connectivity index (χ0v) is 11.8. The van der Waals surface area contributed by atoms with E-state index in [1.807, 2.05) is 0 Å². The van der Waals surface area contributed by atoms with Gasteiger partial charge in [-0.2, -0.15) is 0 Å². The third-order valence-corrected chi connectivity index (χ3v) is 4.70. The van der Waals surface area contributed by atoms with E-state index in [9.17, 15) is 8.42 Å². The summed E-state index contributed by atoms with van der Waals surface area (Å²) in [6.45, 7) is 1.77. The van der Waals surface area contributed by atoms with E-state index in [1.54, 1.807) is 49.6 Å². The molecule has 1 heterocycles. The Bertz CT molecular complexity index is 659. The van der Waals surface area contributed by atoms with Gasteiger partial charge in [-0.1, -0.05) is 23.7 Å². The van der Waals surface area contributed by atoms with Crippen LogP contribution in [0.3, 0.4) is 0 Å². The number of rotatable bonds is 4. The lowest BCUT2D eigenvalue weighted by atomic mass is 10.1. The van der Waals surface area contributed by atoms with Crippen LogP contribution in [-0.2, 0) is 10.0 Å². The van der Waals surface area contributed by atoms with Gasteiger partial charge >= 0.3 is 0 Å². The molecule has 1 atom stereocenters. The van der Waals surface area contributed by atoms with Crippen molar-refractivity contribution < 1.29 is 8.42 Å². The number of hydrogen-bond acceptors (Lipinski definition) is 3. The van der Waals surface area contributed by atoms with Gasteiger partial charge in [-0.3, -0.25) is 4.98 Å². The highest BCUT2D eigenvalue weighted by Gasteiger charge is 2.20. The van der Waals surface area contributed by atoms with Crippen LogP contribution in [0.5, 0.6) is 0 Å². The molecule has 0 saturated carbocycles. The van der Waals surface area contributed by atoms with Gasteiger partial charge in [0.05, 0.1) is 5.02 Å². The minimum Gasteiger partial charge on any atom is -0.265 e. The van der Waals surface area contributed by atoms with Crippen molar-refractivity contribution in [2.45, 2.75) is 17.9 Å². The number of aromatic nitrogens is 1. The molecule has 2 rings (SSSR count). The Kier molecular flexibility index (Phi) is 4.19. The maximum Gasteiger partial charge on any atom is 0.242 e. The number of hydrogen-bond donors (Lipinski definition) is 1. The molecule has 0 fully saturated rings. The molecular formula is C13H13ClN2O2S. The van der Waals surface area contributed by atoms with Crippen LogP contribution >= 0.6 is 11.6 Å². The molecule has 0 unspecified atom stereocenters. The summed E-state index contributed by atoms with van der Waals surface area (Å²) in [6.07, 6.45) is 3.24. The number of benzene rings is 1. The Morgan fingerprint density at radius 2 is 1.79 bits per heavy atom. The Morgan fingerprint density at radius 1 is 1.16 bits per heavy atom. The summed E-state index contributed by atoms with van der Waals surface area (Å²) in [5.41, 5.74) is 0.839. The Hall–Kier alpha value is -1.43. The Labute approximate surface area is 117 Å². The average Bonchev–Trinajstić information content (AvgIpc) is 2.39. The van der Waals surface area contributed by atoms with E-state index in [0.717, 1.165) is 5.56 Å². The Morgan fingerprint density at radius 3 is 2.42 bits per heavy atom. The second-order valence-electron chi connectivity index (χ2n) is 4.05. The molecule has 0 aliphatic carbocycles. The fraction of sp³-hybridized carbons (Fsp3) is 0.154. The van der Waals surface area contributed by atoms with Gasteiger partial charge in [0.2, 0.25) is 10.0 Å². The summed E-state index contributed by atoms with van der Waals surface area (Å²) >= 11 is 5.91. The standard InChI is InChI=1S/C13H13ClN2O2S/c1-10(11-6-8-15-9-7-11)16-19(17,18)13-5-3-2-4-12(13)14/h2-10,16H,1H3/t10-/m0/s1. The average molecular weight is 297 g/mol. The molecule has 0 aliphatic rings. The van der Waals surface area contributed by atoms with Crippen molar-refractivity contribution in [2.75, 3.05) is 0 Å². The zero-order valence-electron chi connectivity index (χ0n) is 10.2. The van der Waals surface area contributed by atoms with E-state index in [0.29, 0.717) is 0 Å². The predicted octanol–water partition coefficient (Wildman–Crippen LogP) is 2.77. The summed E-state index contributed by atoms with van der Waals surface area (Å²) in [7, 11) is -3.64. The van der Waals surface area contributed by atoms with Gasteiger partial charge in [-0.05, 0) is 36.8 Å². The number of sulfonamides is 1. The van der Waals surface area contributed by atoms with E-state index in [1.165, 1.54) is 6.07 Å². The number of nitrogens with one attached hydrogen (secondary N) is 1. The summed E-state index contributed by atoms with van der Waals surface area (Å²) in [6, 6.07) is 9.52. The van der Waals surface area contributed by atoms with Crippen molar-refractivity contribution >= 4 is 21.6 Å². The van der Waals surface area contributed by atoms with Crippen LogP contribution in [0.1, 0.15) is 18.5 Å². The summed E-state index contributed by atoms with van der Waals surface area (Å²) in [5.74, 6) is 0. The maximum atomic E-state index is 12.2. The highest BCUT2D eigenvalue weighted by atomic mass is 35.5. The van der Waals surface area contributed by atoms with Gasteiger partial charge in [0.25, 0.3) is 0 Å². The first kappa shape index (κ1) is 14.0. The summed E-state index contributed by atoms with van der Waals surface area (Å²) < 4.78 is 27.0. The second kappa shape index (κ2) is 5.69. The third-order valence-electron chi connectivity index (χ3n) is 2.66. The first-order chi connectivity index (χ1) is 9.00. The maximum absolute atomic E-state index is 12.2. The Balaban J connectivity index is 2.26. The van der Waals surface area contributed by atoms with E-state index in [2.05, 4.69) is 9.71 Å². The fourth-order valence-corrected chi connectivity index (χ4v) is 3.43. The molecular weight excluding hydrogens is 284 g/mol. The molecule has 1 aromatic heterocycles. The topological polar surface area (TPSA) is 59.1 Å². The molecule has 0 saturated heterocycles. The highest BCUT2D eigenvalue weighted by molar-refractivity contribution is 7.89. The predicted molar refractivity (Wildman–Crippen MR) is 74.4 cm³/mol. The molecule has 4 nitrogen and oxygen atoms in total.